The van der Waals surface area contributed by atoms with E-state index in [1.165, 1.54) is 0 Å². The summed E-state index contributed by atoms with van der Waals surface area (Å²) in [6.07, 6.45) is 1.93. The molecule has 1 amide bonds. The zero-order valence-corrected chi connectivity index (χ0v) is 14.6. The molecule has 4 nitrogen and oxygen atoms in total. The minimum atomic E-state index is -0.715. The van der Waals surface area contributed by atoms with E-state index < -0.39 is 5.54 Å². The fourth-order valence-electron chi connectivity index (χ4n) is 2.31. The van der Waals surface area contributed by atoms with Gasteiger partial charge in [-0.15, -0.1) is 0 Å². The van der Waals surface area contributed by atoms with E-state index in [1.54, 1.807) is 23.7 Å². The molecular weight excluding hydrogens is 330 g/mol. The third-order valence-electron chi connectivity index (χ3n) is 3.53. The maximum absolute atomic E-state index is 12.3. The number of rotatable bonds is 3. The molecule has 0 saturated heterocycles. The number of aryl methyl sites for hydroxylation is 1. The van der Waals surface area contributed by atoms with Crippen LogP contribution in [0, 0.1) is 6.92 Å². The Kier molecular flexibility index (Phi) is 4.23. The molecule has 21 heavy (non-hydrogen) atoms. The number of hydrogen-bond donors (Lipinski definition) is 0. The molecule has 0 bridgehead atoms. The average Bonchev–Trinajstić information content (AvgIpc) is 2.81. The fraction of sp³-hybridized carbons (Fsp3) is 0.375. The molecule has 0 atom stereocenters. The molecule has 0 fully saturated rings. The summed E-state index contributed by atoms with van der Waals surface area (Å²) in [5.74, 6) is 0.0173. The number of nitrogens with zero attached hydrogens (tertiary/aromatic N) is 3. The van der Waals surface area contributed by atoms with E-state index in [-0.39, 0.29) is 5.91 Å². The van der Waals surface area contributed by atoms with E-state index in [4.69, 9.17) is 0 Å². The topological polar surface area (TPSA) is 38.1 Å². The van der Waals surface area contributed by atoms with Gasteiger partial charge in [0.25, 0.3) is 0 Å². The van der Waals surface area contributed by atoms with E-state index in [9.17, 15) is 4.79 Å². The summed E-state index contributed by atoms with van der Waals surface area (Å²) >= 11 is 3.55. The van der Waals surface area contributed by atoms with Crippen LogP contribution in [0.1, 0.15) is 19.4 Å². The first-order valence-electron chi connectivity index (χ1n) is 6.78. The average molecular weight is 350 g/mol. The van der Waals surface area contributed by atoms with E-state index in [2.05, 4.69) is 21.0 Å². The highest BCUT2D eigenvalue weighted by atomic mass is 79.9. The molecule has 0 aliphatic carbocycles. The van der Waals surface area contributed by atoms with Crippen molar-refractivity contribution in [2.45, 2.75) is 26.3 Å². The third-order valence-corrected chi connectivity index (χ3v) is 4.22. The first-order valence-corrected chi connectivity index (χ1v) is 7.58. The molecule has 0 spiro atoms. The third kappa shape index (κ3) is 2.88. The summed E-state index contributed by atoms with van der Waals surface area (Å²) in [6, 6.07) is 7.96. The molecule has 0 saturated carbocycles. The molecule has 0 unspecified atom stereocenters. The van der Waals surface area contributed by atoms with Crippen LogP contribution < -0.4 is 0 Å². The van der Waals surface area contributed by atoms with Gasteiger partial charge in [0.05, 0.1) is 5.69 Å². The van der Waals surface area contributed by atoms with E-state index >= 15 is 0 Å². The first kappa shape index (κ1) is 15.8. The van der Waals surface area contributed by atoms with Crippen molar-refractivity contribution in [1.82, 2.24) is 14.7 Å². The second kappa shape index (κ2) is 5.64. The SMILES string of the molecule is Cc1cn(C(C)(C)C(=O)N(C)C)nc1-c1ccccc1Br. The van der Waals surface area contributed by atoms with Crippen LogP contribution in [0.5, 0.6) is 0 Å². The Bertz CT molecular complexity index is 674. The van der Waals surface area contributed by atoms with Crippen molar-refractivity contribution in [2.75, 3.05) is 14.1 Å². The van der Waals surface area contributed by atoms with Crippen LogP contribution in [0.15, 0.2) is 34.9 Å². The minimum Gasteiger partial charge on any atom is -0.347 e. The van der Waals surface area contributed by atoms with Gasteiger partial charge in [-0.05, 0) is 32.4 Å². The zero-order valence-electron chi connectivity index (χ0n) is 13.0. The van der Waals surface area contributed by atoms with Crippen LogP contribution in [0.3, 0.4) is 0 Å². The molecule has 0 radical (unpaired) electrons. The van der Waals surface area contributed by atoms with Gasteiger partial charge in [-0.3, -0.25) is 9.48 Å². The lowest BCUT2D eigenvalue weighted by molar-refractivity contribution is -0.137. The highest BCUT2D eigenvalue weighted by molar-refractivity contribution is 9.10. The molecule has 1 aromatic heterocycles. The molecular formula is C16H20BrN3O. The molecule has 0 aliphatic heterocycles. The van der Waals surface area contributed by atoms with Gasteiger partial charge in [0.15, 0.2) is 0 Å². The highest BCUT2D eigenvalue weighted by Crippen LogP contribution is 2.30. The Morgan fingerprint density at radius 1 is 1.29 bits per heavy atom. The van der Waals surface area contributed by atoms with Crippen molar-refractivity contribution in [3.63, 3.8) is 0 Å². The molecule has 1 heterocycles. The van der Waals surface area contributed by atoms with Crippen molar-refractivity contribution in [3.05, 3.63) is 40.5 Å². The summed E-state index contributed by atoms with van der Waals surface area (Å²) in [4.78, 5) is 13.9. The second-order valence-electron chi connectivity index (χ2n) is 5.84. The number of amides is 1. The van der Waals surface area contributed by atoms with Gasteiger partial charge in [0, 0.05) is 30.3 Å². The zero-order chi connectivity index (χ0) is 15.8. The summed E-state index contributed by atoms with van der Waals surface area (Å²) < 4.78 is 2.74. The van der Waals surface area contributed by atoms with Gasteiger partial charge in [0.2, 0.25) is 5.91 Å². The Morgan fingerprint density at radius 2 is 1.90 bits per heavy atom. The quantitative estimate of drug-likeness (QED) is 0.851. The van der Waals surface area contributed by atoms with Gasteiger partial charge in [0.1, 0.15) is 5.54 Å². The number of likely N-dealkylation sites (N-methyl/N-ethyl adjacent to an activating group) is 1. The number of aromatic nitrogens is 2. The molecule has 0 N–H and O–H groups in total. The molecule has 2 rings (SSSR count). The highest BCUT2D eigenvalue weighted by Gasteiger charge is 2.32. The Morgan fingerprint density at radius 3 is 2.48 bits per heavy atom. The monoisotopic (exact) mass is 349 g/mol. The van der Waals surface area contributed by atoms with E-state index in [0.717, 1.165) is 21.3 Å². The Labute approximate surface area is 133 Å². The Hall–Kier alpha value is -1.62. The lowest BCUT2D eigenvalue weighted by Crippen LogP contribution is -2.44. The van der Waals surface area contributed by atoms with Crippen LogP contribution in [-0.2, 0) is 10.3 Å². The fourth-order valence-corrected chi connectivity index (χ4v) is 2.78. The van der Waals surface area contributed by atoms with E-state index in [0.29, 0.717) is 0 Å². The molecule has 5 heteroatoms. The number of carbonyl (C=O) groups is 1. The lowest BCUT2D eigenvalue weighted by Gasteiger charge is -2.27. The van der Waals surface area contributed by atoms with Crippen LogP contribution in [0.4, 0.5) is 0 Å². The van der Waals surface area contributed by atoms with Crippen LogP contribution in [-0.4, -0.2) is 34.7 Å². The van der Waals surface area contributed by atoms with E-state index in [1.807, 2.05) is 51.2 Å². The maximum atomic E-state index is 12.3. The van der Waals surface area contributed by atoms with Gasteiger partial charge in [-0.25, -0.2) is 0 Å². The van der Waals surface area contributed by atoms with Gasteiger partial charge in [-0.2, -0.15) is 5.10 Å². The lowest BCUT2D eigenvalue weighted by atomic mass is 10.0. The molecule has 0 aliphatic rings. The number of carbonyl (C=O) groups excluding carboxylic acids is 1. The summed E-state index contributed by atoms with van der Waals surface area (Å²) in [5.41, 5.74) is 2.25. The minimum absolute atomic E-state index is 0.0173. The van der Waals surface area contributed by atoms with Crippen molar-refractivity contribution in [3.8, 4) is 11.3 Å². The van der Waals surface area contributed by atoms with Crippen LogP contribution in [0.25, 0.3) is 11.3 Å². The number of benzene rings is 1. The number of hydrogen-bond acceptors (Lipinski definition) is 2. The molecule has 1 aromatic carbocycles. The van der Waals surface area contributed by atoms with Crippen LogP contribution >= 0.6 is 15.9 Å². The standard InChI is InChI=1S/C16H20BrN3O/c1-11-10-20(16(2,3)15(21)19(4)5)18-14(11)12-8-6-7-9-13(12)17/h6-10H,1-5H3. The number of halogens is 1. The summed E-state index contributed by atoms with van der Waals surface area (Å²) in [6.45, 7) is 5.77. The summed E-state index contributed by atoms with van der Waals surface area (Å²) in [5, 5.41) is 4.66. The second-order valence-corrected chi connectivity index (χ2v) is 6.70. The van der Waals surface area contributed by atoms with Crippen molar-refractivity contribution >= 4 is 21.8 Å². The van der Waals surface area contributed by atoms with Crippen molar-refractivity contribution in [1.29, 1.82) is 0 Å². The predicted molar refractivity (Wildman–Crippen MR) is 88.1 cm³/mol. The first-order chi connectivity index (χ1) is 9.75. The summed E-state index contributed by atoms with van der Waals surface area (Å²) in [7, 11) is 3.52. The largest absolute Gasteiger partial charge is 0.347 e. The smallest absolute Gasteiger partial charge is 0.249 e. The van der Waals surface area contributed by atoms with Crippen LogP contribution in [0.2, 0.25) is 0 Å². The molecule has 2 aromatic rings. The van der Waals surface area contributed by atoms with Gasteiger partial charge < -0.3 is 4.90 Å². The van der Waals surface area contributed by atoms with Crippen molar-refractivity contribution < 1.29 is 4.79 Å². The van der Waals surface area contributed by atoms with Gasteiger partial charge >= 0.3 is 0 Å². The molecule has 112 valence electrons. The maximum Gasteiger partial charge on any atom is 0.249 e. The predicted octanol–water partition coefficient (Wildman–Crippen LogP) is 3.44. The van der Waals surface area contributed by atoms with Crippen molar-refractivity contribution in [2.24, 2.45) is 0 Å². The van der Waals surface area contributed by atoms with Gasteiger partial charge in [-0.1, -0.05) is 34.1 Å². The Balaban J connectivity index is 2.50. The normalized spacial score (nSPS) is 11.5.